The lowest BCUT2D eigenvalue weighted by molar-refractivity contribution is 0.131. The van der Waals surface area contributed by atoms with Crippen LogP contribution in [0.2, 0.25) is 0 Å². The summed E-state index contributed by atoms with van der Waals surface area (Å²) in [7, 11) is 3.33. The average molecular weight is 339 g/mol. The van der Waals surface area contributed by atoms with E-state index in [1.165, 1.54) is 5.56 Å². The van der Waals surface area contributed by atoms with Gasteiger partial charge in [0.1, 0.15) is 11.5 Å². The molecule has 0 bridgehead atoms. The number of rotatable bonds is 6. The van der Waals surface area contributed by atoms with Crippen LogP contribution in [0.4, 0.5) is 0 Å². The maximum Gasteiger partial charge on any atom is 0.127 e. The molecule has 0 atom stereocenters. The number of piperazine rings is 1. The molecule has 2 aromatic carbocycles. The summed E-state index contributed by atoms with van der Waals surface area (Å²) in [6, 6.07) is 16.3. The van der Waals surface area contributed by atoms with Crippen LogP contribution in [0.25, 0.3) is 0 Å². The van der Waals surface area contributed by atoms with E-state index < -0.39 is 0 Å². The van der Waals surface area contributed by atoms with Gasteiger partial charge in [-0.05, 0) is 23.8 Å². The van der Waals surface area contributed by atoms with Crippen molar-refractivity contribution in [3.05, 3.63) is 59.7 Å². The summed E-state index contributed by atoms with van der Waals surface area (Å²) in [5, 5.41) is 6.74. The Labute approximate surface area is 149 Å². The summed E-state index contributed by atoms with van der Waals surface area (Å²) in [4.78, 5) is 2.47. The fourth-order valence-electron chi connectivity index (χ4n) is 2.94. The molecule has 0 spiro atoms. The molecule has 1 heterocycles. The Morgan fingerprint density at radius 1 is 0.960 bits per heavy atom. The van der Waals surface area contributed by atoms with Crippen molar-refractivity contribution in [3.8, 4) is 11.5 Å². The van der Waals surface area contributed by atoms with Crippen LogP contribution in [0.15, 0.2) is 53.6 Å². The van der Waals surface area contributed by atoms with Crippen LogP contribution in [-0.2, 0) is 6.54 Å². The van der Waals surface area contributed by atoms with E-state index in [0.717, 1.165) is 49.8 Å². The molecule has 1 aliphatic rings. The van der Waals surface area contributed by atoms with Gasteiger partial charge in [0.05, 0.1) is 20.4 Å². The van der Waals surface area contributed by atoms with Crippen molar-refractivity contribution in [1.82, 2.24) is 9.91 Å². The molecule has 1 aliphatic heterocycles. The van der Waals surface area contributed by atoms with Gasteiger partial charge in [0.15, 0.2) is 0 Å². The summed E-state index contributed by atoms with van der Waals surface area (Å²) in [6.07, 6.45) is 1.86. The molecule has 1 saturated heterocycles. The van der Waals surface area contributed by atoms with Gasteiger partial charge in [-0.2, -0.15) is 5.10 Å². The lowest BCUT2D eigenvalue weighted by atomic mass is 10.2. The van der Waals surface area contributed by atoms with Gasteiger partial charge in [-0.25, -0.2) is 0 Å². The Morgan fingerprint density at radius 2 is 1.72 bits per heavy atom. The minimum absolute atomic E-state index is 0.798. The standard InChI is InChI=1S/C20H25N3O2/c1-24-19-8-9-20(25-2)18(14-19)15-21-23-12-10-22(11-13-23)16-17-6-4-3-5-7-17/h3-9,14-15H,10-13,16H2,1-2H3/b21-15-. The van der Waals surface area contributed by atoms with Crippen molar-refractivity contribution in [1.29, 1.82) is 0 Å². The van der Waals surface area contributed by atoms with Crippen molar-refractivity contribution < 1.29 is 9.47 Å². The summed E-state index contributed by atoms with van der Waals surface area (Å²) in [5.41, 5.74) is 2.29. The lowest BCUT2D eigenvalue weighted by Gasteiger charge is -2.33. The third kappa shape index (κ3) is 4.73. The number of hydrogen-bond acceptors (Lipinski definition) is 5. The molecule has 0 aromatic heterocycles. The zero-order valence-electron chi connectivity index (χ0n) is 14.9. The molecule has 3 rings (SSSR count). The fraction of sp³-hybridized carbons (Fsp3) is 0.350. The molecule has 0 saturated carbocycles. The van der Waals surface area contributed by atoms with Crippen LogP contribution >= 0.6 is 0 Å². The molecule has 0 N–H and O–H groups in total. The first kappa shape index (κ1) is 17.3. The van der Waals surface area contributed by atoms with Crippen molar-refractivity contribution in [3.63, 3.8) is 0 Å². The van der Waals surface area contributed by atoms with Crippen LogP contribution in [-0.4, -0.2) is 56.5 Å². The van der Waals surface area contributed by atoms with Gasteiger partial charge in [0.2, 0.25) is 0 Å². The monoisotopic (exact) mass is 339 g/mol. The highest BCUT2D eigenvalue weighted by Crippen LogP contribution is 2.22. The summed E-state index contributed by atoms with van der Waals surface area (Å²) in [5.74, 6) is 1.60. The van der Waals surface area contributed by atoms with Crippen LogP contribution < -0.4 is 9.47 Å². The third-order valence-electron chi connectivity index (χ3n) is 4.39. The molecule has 0 amide bonds. The Hall–Kier alpha value is -2.53. The van der Waals surface area contributed by atoms with Crippen LogP contribution in [0.3, 0.4) is 0 Å². The minimum atomic E-state index is 0.798. The summed E-state index contributed by atoms with van der Waals surface area (Å²) < 4.78 is 10.7. The van der Waals surface area contributed by atoms with E-state index in [1.807, 2.05) is 24.4 Å². The normalized spacial score (nSPS) is 15.5. The molecule has 1 fully saturated rings. The van der Waals surface area contributed by atoms with Crippen molar-refractivity contribution in [2.45, 2.75) is 6.54 Å². The number of hydrazone groups is 1. The molecular formula is C20H25N3O2. The molecular weight excluding hydrogens is 314 g/mol. The first-order valence-corrected chi connectivity index (χ1v) is 8.56. The van der Waals surface area contributed by atoms with E-state index in [1.54, 1.807) is 14.2 Å². The number of ether oxygens (including phenoxy) is 2. The SMILES string of the molecule is COc1ccc(OC)c(/C=N\N2CCN(Cc3ccccc3)CC2)c1. The van der Waals surface area contributed by atoms with Gasteiger partial charge >= 0.3 is 0 Å². The molecule has 25 heavy (non-hydrogen) atoms. The van der Waals surface area contributed by atoms with Crippen molar-refractivity contribution in [2.24, 2.45) is 5.10 Å². The minimum Gasteiger partial charge on any atom is -0.497 e. The van der Waals surface area contributed by atoms with E-state index >= 15 is 0 Å². The van der Waals surface area contributed by atoms with Crippen LogP contribution in [0.1, 0.15) is 11.1 Å². The van der Waals surface area contributed by atoms with Gasteiger partial charge < -0.3 is 9.47 Å². The third-order valence-corrected chi connectivity index (χ3v) is 4.39. The Morgan fingerprint density at radius 3 is 2.40 bits per heavy atom. The van der Waals surface area contributed by atoms with Crippen molar-refractivity contribution in [2.75, 3.05) is 40.4 Å². The van der Waals surface area contributed by atoms with Gasteiger partial charge in [0, 0.05) is 38.3 Å². The topological polar surface area (TPSA) is 37.3 Å². The van der Waals surface area contributed by atoms with E-state index in [0.29, 0.717) is 0 Å². The zero-order valence-corrected chi connectivity index (χ0v) is 14.9. The highest BCUT2D eigenvalue weighted by molar-refractivity contribution is 5.84. The van der Waals surface area contributed by atoms with Crippen molar-refractivity contribution >= 4 is 6.21 Å². The number of methoxy groups -OCH3 is 2. The number of nitrogens with zero attached hydrogens (tertiary/aromatic N) is 3. The molecule has 0 radical (unpaired) electrons. The largest absolute Gasteiger partial charge is 0.497 e. The highest BCUT2D eigenvalue weighted by atomic mass is 16.5. The fourth-order valence-corrected chi connectivity index (χ4v) is 2.94. The highest BCUT2D eigenvalue weighted by Gasteiger charge is 2.15. The second kappa shape index (κ2) is 8.53. The van der Waals surface area contributed by atoms with Gasteiger partial charge in [-0.15, -0.1) is 0 Å². The van der Waals surface area contributed by atoms with E-state index in [-0.39, 0.29) is 0 Å². The summed E-state index contributed by atoms with van der Waals surface area (Å²) >= 11 is 0. The Kier molecular flexibility index (Phi) is 5.90. The van der Waals surface area contributed by atoms with Crippen LogP contribution in [0.5, 0.6) is 11.5 Å². The predicted molar refractivity (Wildman–Crippen MR) is 100 cm³/mol. The Balaban J connectivity index is 1.56. The van der Waals surface area contributed by atoms with Gasteiger partial charge in [0.25, 0.3) is 0 Å². The average Bonchev–Trinajstić information content (AvgIpc) is 2.68. The maximum absolute atomic E-state index is 5.39. The molecule has 0 unspecified atom stereocenters. The van der Waals surface area contributed by atoms with E-state index in [4.69, 9.17) is 9.47 Å². The zero-order chi connectivity index (χ0) is 17.5. The second-order valence-corrected chi connectivity index (χ2v) is 6.07. The first-order chi connectivity index (χ1) is 12.3. The summed E-state index contributed by atoms with van der Waals surface area (Å²) in [6.45, 7) is 4.89. The smallest absolute Gasteiger partial charge is 0.127 e. The number of hydrogen-bond donors (Lipinski definition) is 0. The van der Waals surface area contributed by atoms with Crippen LogP contribution in [0, 0.1) is 0 Å². The first-order valence-electron chi connectivity index (χ1n) is 8.56. The maximum atomic E-state index is 5.39. The molecule has 132 valence electrons. The molecule has 0 aliphatic carbocycles. The predicted octanol–water partition coefficient (Wildman–Crippen LogP) is 2.86. The Bertz CT molecular complexity index is 695. The van der Waals surface area contributed by atoms with E-state index in [9.17, 15) is 0 Å². The number of benzene rings is 2. The lowest BCUT2D eigenvalue weighted by Crippen LogP contribution is -2.43. The van der Waals surface area contributed by atoms with Gasteiger partial charge in [-0.1, -0.05) is 30.3 Å². The van der Waals surface area contributed by atoms with Gasteiger partial charge in [-0.3, -0.25) is 9.91 Å². The van der Waals surface area contributed by atoms with E-state index in [2.05, 4.69) is 45.3 Å². The molecule has 2 aromatic rings. The quantitative estimate of drug-likeness (QED) is 0.759. The molecule has 5 nitrogen and oxygen atoms in total. The second-order valence-electron chi connectivity index (χ2n) is 6.07. The molecule has 5 heteroatoms.